The lowest BCUT2D eigenvalue weighted by Gasteiger charge is -2.00. The van der Waals surface area contributed by atoms with Crippen LogP contribution in [0.15, 0.2) is 29.9 Å². The Morgan fingerprint density at radius 3 is 2.50 bits per heavy atom. The van der Waals surface area contributed by atoms with E-state index in [2.05, 4.69) is 14.7 Å². The number of hydrogen-bond donors (Lipinski definition) is 1. The molecule has 0 radical (unpaired) electrons. The van der Waals surface area contributed by atoms with Gasteiger partial charge in [0, 0.05) is 23.3 Å². The number of H-pyrrole nitrogens is 1. The molecule has 2 heterocycles. The Bertz CT molecular complexity index is 287. The van der Waals surface area contributed by atoms with Crippen LogP contribution >= 0.6 is 11.5 Å². The molecule has 3 heteroatoms. The third-order valence-electron chi connectivity index (χ3n) is 1.34. The molecule has 2 aromatic heterocycles. The van der Waals surface area contributed by atoms with Crippen molar-refractivity contribution < 1.29 is 0 Å². The number of rotatable bonds is 1. The van der Waals surface area contributed by atoms with Gasteiger partial charge in [-0.3, -0.25) is 4.98 Å². The summed E-state index contributed by atoms with van der Waals surface area (Å²) in [6.07, 6.45) is 3.58. The lowest BCUT2D eigenvalue weighted by Crippen LogP contribution is -1.81. The molecule has 0 aromatic carbocycles. The van der Waals surface area contributed by atoms with Crippen LogP contribution in [0.25, 0.3) is 11.3 Å². The van der Waals surface area contributed by atoms with Crippen LogP contribution < -0.4 is 0 Å². The maximum absolute atomic E-state index is 3.92. The molecule has 0 saturated carbocycles. The number of nitrogens with zero attached hydrogens (tertiary/aromatic N) is 1. The number of aromatic amines is 1. The molecule has 0 saturated heterocycles. The summed E-state index contributed by atoms with van der Waals surface area (Å²) in [6.45, 7) is 0. The van der Waals surface area contributed by atoms with E-state index in [1.807, 2.05) is 12.1 Å². The highest BCUT2D eigenvalue weighted by atomic mass is 32.1. The van der Waals surface area contributed by atoms with Crippen LogP contribution in [0.4, 0.5) is 0 Å². The zero-order chi connectivity index (χ0) is 6.81. The van der Waals surface area contributed by atoms with E-state index in [9.17, 15) is 0 Å². The second-order valence-electron chi connectivity index (χ2n) is 1.99. The van der Waals surface area contributed by atoms with Gasteiger partial charge < -0.3 is 4.37 Å². The second kappa shape index (κ2) is 2.27. The van der Waals surface area contributed by atoms with Crippen LogP contribution in [0.1, 0.15) is 0 Å². The first-order valence-electron chi connectivity index (χ1n) is 2.99. The lowest BCUT2D eigenvalue weighted by atomic mass is 10.2. The number of nitrogens with one attached hydrogen (secondary N) is 1. The van der Waals surface area contributed by atoms with Gasteiger partial charge in [0.05, 0.1) is 5.69 Å². The molecular weight excluding hydrogens is 144 g/mol. The van der Waals surface area contributed by atoms with Crippen LogP contribution in [-0.2, 0) is 0 Å². The van der Waals surface area contributed by atoms with Gasteiger partial charge >= 0.3 is 0 Å². The van der Waals surface area contributed by atoms with Gasteiger partial charge in [0.15, 0.2) is 0 Å². The van der Waals surface area contributed by atoms with Crippen LogP contribution in [-0.4, -0.2) is 9.36 Å². The van der Waals surface area contributed by atoms with Gasteiger partial charge in [-0.2, -0.15) is 0 Å². The Balaban J connectivity index is 2.42. The van der Waals surface area contributed by atoms with E-state index in [4.69, 9.17) is 0 Å². The third kappa shape index (κ3) is 0.844. The normalized spacial score (nSPS) is 10.0. The van der Waals surface area contributed by atoms with Crippen molar-refractivity contribution in [2.45, 2.75) is 0 Å². The predicted molar refractivity (Wildman–Crippen MR) is 41.9 cm³/mol. The van der Waals surface area contributed by atoms with Gasteiger partial charge in [0.25, 0.3) is 0 Å². The minimum Gasteiger partial charge on any atom is -0.310 e. The summed E-state index contributed by atoms with van der Waals surface area (Å²) >= 11 is 1.61. The first-order valence-corrected chi connectivity index (χ1v) is 3.87. The third-order valence-corrected chi connectivity index (χ3v) is 2.03. The van der Waals surface area contributed by atoms with Crippen molar-refractivity contribution in [3.05, 3.63) is 29.9 Å². The molecule has 0 aliphatic heterocycles. The molecule has 0 unspecified atom stereocenters. The fraction of sp³-hybridized carbons (Fsp3) is 0. The van der Waals surface area contributed by atoms with Gasteiger partial charge in [-0.1, -0.05) is 11.5 Å². The highest BCUT2D eigenvalue weighted by Gasteiger charge is 1.96. The average Bonchev–Trinajstić information content (AvgIpc) is 1.86. The number of pyridine rings is 1. The maximum Gasteiger partial charge on any atom is 0.0664 e. The molecule has 0 atom stereocenters. The quantitative estimate of drug-likeness (QED) is 0.662. The summed E-state index contributed by atoms with van der Waals surface area (Å²) in [6, 6.07) is 3.97. The minimum absolute atomic E-state index is 1.19. The van der Waals surface area contributed by atoms with Crippen molar-refractivity contribution in [1.82, 2.24) is 9.36 Å². The standard InChI is InChI=1S/C7H6N2S/c1-3-8-4-2-6(1)7-5-10-9-7/h1-5,9H. The first-order chi connectivity index (χ1) is 4.97. The van der Waals surface area contributed by atoms with Crippen molar-refractivity contribution in [1.29, 1.82) is 0 Å². The Kier molecular flexibility index (Phi) is 1.29. The molecule has 10 heavy (non-hydrogen) atoms. The Morgan fingerprint density at radius 2 is 2.00 bits per heavy atom. The molecule has 0 amide bonds. The lowest BCUT2D eigenvalue weighted by molar-refractivity contribution is 1.32. The second-order valence-corrected chi connectivity index (χ2v) is 2.66. The van der Waals surface area contributed by atoms with E-state index >= 15 is 0 Å². The molecule has 0 fully saturated rings. The van der Waals surface area contributed by atoms with Crippen LogP contribution in [0.5, 0.6) is 0 Å². The van der Waals surface area contributed by atoms with E-state index in [0.717, 1.165) is 0 Å². The van der Waals surface area contributed by atoms with Crippen molar-refractivity contribution >= 4 is 11.5 Å². The van der Waals surface area contributed by atoms with Crippen LogP contribution in [0, 0.1) is 0 Å². The zero-order valence-electron chi connectivity index (χ0n) is 5.24. The highest BCUT2D eigenvalue weighted by molar-refractivity contribution is 7.05. The van der Waals surface area contributed by atoms with Gasteiger partial charge in [0.1, 0.15) is 0 Å². The van der Waals surface area contributed by atoms with Gasteiger partial charge in [0.2, 0.25) is 0 Å². The molecule has 2 aromatic rings. The maximum atomic E-state index is 3.92. The monoisotopic (exact) mass is 150 g/mol. The van der Waals surface area contributed by atoms with E-state index < -0.39 is 0 Å². The molecular formula is C7H6N2S. The largest absolute Gasteiger partial charge is 0.310 e. The Morgan fingerprint density at radius 1 is 1.30 bits per heavy atom. The summed E-state index contributed by atoms with van der Waals surface area (Å²) in [5, 5.41) is 2.08. The van der Waals surface area contributed by atoms with Crippen molar-refractivity contribution in [3.63, 3.8) is 0 Å². The Hall–Kier alpha value is -1.09. The Labute approximate surface area is 62.7 Å². The highest BCUT2D eigenvalue weighted by Crippen LogP contribution is 2.18. The van der Waals surface area contributed by atoms with Gasteiger partial charge in [-0.15, -0.1) is 0 Å². The summed E-state index contributed by atoms with van der Waals surface area (Å²) in [7, 11) is 0. The van der Waals surface area contributed by atoms with Gasteiger partial charge in [-0.25, -0.2) is 0 Å². The minimum atomic E-state index is 1.19. The van der Waals surface area contributed by atoms with Gasteiger partial charge in [-0.05, 0) is 12.1 Å². The molecule has 0 aliphatic carbocycles. The summed E-state index contributed by atoms with van der Waals surface area (Å²) in [4.78, 5) is 3.92. The topological polar surface area (TPSA) is 28.7 Å². The number of aromatic nitrogens is 2. The van der Waals surface area contributed by atoms with E-state index in [0.29, 0.717) is 0 Å². The SMILES string of the molecule is c1cc(-c2cs[nH]2)ccn1. The summed E-state index contributed by atoms with van der Waals surface area (Å²) in [5.41, 5.74) is 2.39. The molecule has 1 N–H and O–H groups in total. The van der Waals surface area contributed by atoms with Crippen molar-refractivity contribution in [3.8, 4) is 11.3 Å². The molecule has 2 rings (SSSR count). The molecule has 50 valence electrons. The molecule has 0 aliphatic rings. The van der Waals surface area contributed by atoms with Crippen molar-refractivity contribution in [2.24, 2.45) is 0 Å². The summed E-state index contributed by atoms with van der Waals surface area (Å²) < 4.78 is 3.11. The van der Waals surface area contributed by atoms with Crippen LogP contribution in [0.3, 0.4) is 0 Å². The average molecular weight is 150 g/mol. The van der Waals surface area contributed by atoms with E-state index in [1.165, 1.54) is 11.3 Å². The molecule has 0 spiro atoms. The van der Waals surface area contributed by atoms with E-state index in [-0.39, 0.29) is 0 Å². The number of hydrogen-bond acceptors (Lipinski definition) is 2. The smallest absolute Gasteiger partial charge is 0.0664 e. The zero-order valence-corrected chi connectivity index (χ0v) is 6.06. The first kappa shape index (κ1) is 5.68. The summed E-state index contributed by atoms with van der Waals surface area (Å²) in [5.74, 6) is 0. The predicted octanol–water partition coefficient (Wildman–Crippen LogP) is 2.14. The molecule has 2 nitrogen and oxygen atoms in total. The fourth-order valence-corrected chi connectivity index (χ4v) is 1.27. The van der Waals surface area contributed by atoms with Crippen molar-refractivity contribution in [2.75, 3.05) is 0 Å². The van der Waals surface area contributed by atoms with E-state index in [1.54, 1.807) is 23.9 Å². The fourth-order valence-electron chi connectivity index (χ4n) is 0.776. The molecule has 0 bridgehead atoms. The van der Waals surface area contributed by atoms with Crippen LogP contribution in [0.2, 0.25) is 0 Å².